The van der Waals surface area contributed by atoms with Crippen molar-refractivity contribution in [1.82, 2.24) is 0 Å². The number of aromatic carboxylic acids is 1. The first-order valence-electron chi connectivity index (χ1n) is 2.60. The summed E-state index contributed by atoms with van der Waals surface area (Å²) in [6.07, 6.45) is 0.991. The third-order valence-electron chi connectivity index (χ3n) is 1.02. The lowest BCUT2D eigenvalue weighted by Gasteiger charge is -1.92. The molecule has 0 aliphatic rings. The van der Waals surface area contributed by atoms with E-state index in [4.69, 9.17) is 0 Å². The van der Waals surface area contributed by atoms with Crippen LogP contribution >= 0.6 is 0 Å². The molecule has 0 bridgehead atoms. The van der Waals surface area contributed by atoms with Crippen LogP contribution in [-0.4, -0.2) is 5.97 Å². The van der Waals surface area contributed by atoms with Gasteiger partial charge in [-0.1, -0.05) is 0 Å². The molecule has 0 aliphatic heterocycles. The number of carboxylic acid groups (broad SMARTS) is 1. The van der Waals surface area contributed by atoms with Crippen LogP contribution in [0.1, 0.15) is 10.5 Å². The minimum atomic E-state index is -1.52. The van der Waals surface area contributed by atoms with Gasteiger partial charge in [0, 0.05) is 16.9 Å². The molecule has 0 spiro atoms. The highest BCUT2D eigenvalue weighted by Crippen LogP contribution is 1.87. The Kier molecular flexibility index (Phi) is 1.62. The fraction of sp³-hybridized carbons (Fsp3) is 0. The second kappa shape index (κ2) is 2.43. The summed E-state index contributed by atoms with van der Waals surface area (Å²) in [6.45, 7) is 0. The number of nitrogens with zero attached hydrogens (tertiary/aromatic N) is 1. The fourth-order valence-corrected chi connectivity index (χ4v) is 0.579. The average molecular weight is 141 g/mol. The van der Waals surface area contributed by atoms with Crippen molar-refractivity contribution in [3.8, 4) is 0 Å². The quantitative estimate of drug-likeness (QED) is 0.507. The number of hydrogen-bond acceptors (Lipinski definition) is 2. The summed E-state index contributed by atoms with van der Waals surface area (Å²) < 4.78 is 12.3. The van der Waals surface area contributed by atoms with Crippen molar-refractivity contribution in [3.63, 3.8) is 0 Å². The van der Waals surface area contributed by atoms with Gasteiger partial charge in [-0.2, -0.15) is 0 Å². The van der Waals surface area contributed by atoms with Crippen LogP contribution in [0.25, 0.3) is 0 Å². The van der Waals surface area contributed by atoms with Crippen LogP contribution in [0.15, 0.2) is 24.4 Å². The lowest BCUT2D eigenvalue weighted by molar-refractivity contribution is -0.846. The van der Waals surface area contributed by atoms with E-state index in [0.29, 0.717) is 0 Å². The van der Waals surface area contributed by atoms with Gasteiger partial charge < -0.3 is 9.90 Å². The molecule has 0 N–H and O–H groups in total. The molecule has 0 unspecified atom stereocenters. The Balaban J connectivity index is 3.15. The molecule has 1 aromatic rings. The fourth-order valence-electron chi connectivity index (χ4n) is 0.579. The third-order valence-corrected chi connectivity index (χ3v) is 1.02. The Morgan fingerprint density at radius 1 is 1.60 bits per heavy atom. The number of hydrogen-bond donors (Lipinski definition) is 0. The summed E-state index contributed by atoms with van der Waals surface area (Å²) in [6, 6.07) is 3.92. The van der Waals surface area contributed by atoms with E-state index in [0.717, 1.165) is 12.3 Å². The molecule has 10 heavy (non-hydrogen) atoms. The Bertz CT molecular complexity index is 262. The normalized spacial score (nSPS) is 9.30. The summed E-state index contributed by atoms with van der Waals surface area (Å²) >= 11 is 0. The van der Waals surface area contributed by atoms with Crippen molar-refractivity contribution in [2.75, 3.05) is 0 Å². The molecule has 1 aromatic heterocycles. The molecule has 0 radical (unpaired) electrons. The van der Waals surface area contributed by atoms with Gasteiger partial charge in [-0.15, -0.1) is 0 Å². The lowest BCUT2D eigenvalue weighted by atomic mass is 10.4. The summed E-state index contributed by atoms with van der Waals surface area (Å²) in [5.41, 5.74) is -0.484. The predicted octanol–water partition coefficient (Wildman–Crippen LogP) is -0.930. The maximum absolute atomic E-state index is 12.3. The maximum Gasteiger partial charge on any atom is 0.276 e. The summed E-state index contributed by atoms with van der Waals surface area (Å²) in [5, 5.41) is 10.0. The predicted molar refractivity (Wildman–Crippen MR) is 27.5 cm³/mol. The van der Waals surface area contributed by atoms with Gasteiger partial charge in [-0.25, -0.2) is 0 Å². The van der Waals surface area contributed by atoms with Crippen molar-refractivity contribution < 1.29 is 19.2 Å². The largest absolute Gasteiger partial charge is 0.539 e. The van der Waals surface area contributed by atoms with E-state index in [1.54, 1.807) is 0 Å². The van der Waals surface area contributed by atoms with E-state index in [1.807, 2.05) is 0 Å². The molecule has 1 heterocycles. The Hall–Kier alpha value is -1.45. The van der Waals surface area contributed by atoms with Crippen LogP contribution in [0.4, 0.5) is 4.48 Å². The van der Waals surface area contributed by atoms with E-state index >= 15 is 0 Å². The molecule has 52 valence electrons. The topological polar surface area (TPSA) is 44.0 Å². The van der Waals surface area contributed by atoms with Gasteiger partial charge >= 0.3 is 0 Å². The number of pyridine rings is 1. The summed E-state index contributed by atoms with van der Waals surface area (Å²) in [4.78, 5) is 10.0. The van der Waals surface area contributed by atoms with Crippen molar-refractivity contribution in [2.24, 2.45) is 0 Å². The molecular formula is C6H4FNO2. The first kappa shape index (κ1) is 6.67. The van der Waals surface area contributed by atoms with Crippen molar-refractivity contribution in [3.05, 3.63) is 30.1 Å². The molecule has 0 aromatic carbocycles. The SMILES string of the molecule is O=C([O-])c1cccc[n+]1F. The smallest absolute Gasteiger partial charge is 0.276 e. The Labute approximate surface area is 56.3 Å². The number of carbonyl (C=O) groups is 1. The Morgan fingerprint density at radius 3 is 2.70 bits per heavy atom. The number of halogens is 1. The summed E-state index contributed by atoms with van der Waals surface area (Å²) in [7, 11) is 0. The summed E-state index contributed by atoms with van der Waals surface area (Å²) in [5.74, 6) is -1.52. The van der Waals surface area contributed by atoms with Gasteiger partial charge in [0.15, 0.2) is 0 Å². The van der Waals surface area contributed by atoms with Gasteiger partial charge in [0.05, 0.1) is 4.48 Å². The van der Waals surface area contributed by atoms with Crippen molar-refractivity contribution in [2.45, 2.75) is 0 Å². The van der Waals surface area contributed by atoms with E-state index in [-0.39, 0.29) is 4.79 Å². The van der Waals surface area contributed by atoms with Crippen molar-refractivity contribution in [1.29, 1.82) is 0 Å². The van der Waals surface area contributed by atoms with Gasteiger partial charge in [0.2, 0.25) is 6.20 Å². The highest BCUT2D eigenvalue weighted by atomic mass is 19.2. The van der Waals surface area contributed by atoms with Gasteiger partial charge in [0.1, 0.15) is 5.97 Å². The molecule has 0 fully saturated rings. The highest BCUT2D eigenvalue weighted by Gasteiger charge is 2.08. The minimum Gasteiger partial charge on any atom is -0.539 e. The van der Waals surface area contributed by atoms with Crippen LogP contribution < -0.4 is 9.90 Å². The molecule has 1 rings (SSSR count). The molecular weight excluding hydrogens is 137 g/mol. The van der Waals surface area contributed by atoms with Crippen LogP contribution in [0, 0.1) is 0 Å². The van der Waals surface area contributed by atoms with Crippen molar-refractivity contribution >= 4 is 5.97 Å². The number of rotatable bonds is 1. The second-order valence-corrected chi connectivity index (χ2v) is 1.68. The first-order valence-corrected chi connectivity index (χ1v) is 2.60. The zero-order valence-corrected chi connectivity index (χ0v) is 4.95. The van der Waals surface area contributed by atoms with E-state index < -0.39 is 11.7 Å². The maximum atomic E-state index is 12.3. The molecule has 4 heteroatoms. The second-order valence-electron chi connectivity index (χ2n) is 1.68. The molecule has 0 aliphatic carbocycles. The highest BCUT2D eigenvalue weighted by molar-refractivity contribution is 5.81. The monoisotopic (exact) mass is 141 g/mol. The van der Waals surface area contributed by atoms with E-state index in [2.05, 4.69) is 0 Å². The van der Waals surface area contributed by atoms with Crippen LogP contribution in [-0.2, 0) is 0 Å². The number of carboxylic acids is 1. The number of aromatic nitrogens is 1. The molecule has 0 atom stereocenters. The van der Waals surface area contributed by atoms with Gasteiger partial charge in [0.25, 0.3) is 5.69 Å². The van der Waals surface area contributed by atoms with E-state index in [9.17, 15) is 14.4 Å². The lowest BCUT2D eigenvalue weighted by Crippen LogP contribution is -2.37. The molecule has 0 amide bonds. The van der Waals surface area contributed by atoms with Crippen LogP contribution in [0.5, 0.6) is 0 Å². The molecule has 3 nitrogen and oxygen atoms in total. The zero-order valence-electron chi connectivity index (χ0n) is 4.95. The van der Waals surface area contributed by atoms with E-state index in [1.165, 1.54) is 12.1 Å². The Morgan fingerprint density at radius 2 is 2.30 bits per heavy atom. The zero-order chi connectivity index (χ0) is 7.56. The molecule has 0 saturated carbocycles. The number of carbonyl (C=O) groups excluding carboxylic acids is 1. The van der Waals surface area contributed by atoms with Crippen LogP contribution in [0.2, 0.25) is 0 Å². The standard InChI is InChI=1S/C6H4FNO2/c7-8-4-2-1-3-5(8)6(9)10/h1-4H. The first-order chi connectivity index (χ1) is 4.72. The van der Waals surface area contributed by atoms with Gasteiger partial charge in [-0.05, 0) is 6.07 Å². The van der Waals surface area contributed by atoms with Gasteiger partial charge in [-0.3, -0.25) is 0 Å². The molecule has 0 saturated heterocycles. The average Bonchev–Trinajstić information content (AvgIpc) is 1.88. The minimum absolute atomic E-state index is 0.00463. The third kappa shape index (κ3) is 1.10. The van der Waals surface area contributed by atoms with Crippen LogP contribution in [0.3, 0.4) is 0 Å².